The number of aliphatic hydroxyl groups excluding tert-OH is 1. The summed E-state index contributed by atoms with van der Waals surface area (Å²) in [5, 5.41) is 9.75. The molecule has 140 valence electrons. The molecule has 3 atom stereocenters. The third-order valence-electron chi connectivity index (χ3n) is 5.77. The van der Waals surface area contributed by atoms with Crippen molar-refractivity contribution >= 4 is 18.3 Å². The summed E-state index contributed by atoms with van der Waals surface area (Å²) < 4.78 is 0. The van der Waals surface area contributed by atoms with Gasteiger partial charge in [0.1, 0.15) is 0 Å². The van der Waals surface area contributed by atoms with E-state index in [4.69, 9.17) is 5.73 Å². The molecule has 3 rings (SSSR count). The van der Waals surface area contributed by atoms with Gasteiger partial charge in [-0.1, -0.05) is 30.3 Å². The lowest BCUT2D eigenvalue weighted by atomic mass is 9.90. The highest BCUT2D eigenvalue weighted by atomic mass is 35.5. The van der Waals surface area contributed by atoms with Gasteiger partial charge in [0.15, 0.2) is 0 Å². The fraction of sp³-hybridized carbons (Fsp3) is 0.650. The van der Waals surface area contributed by atoms with E-state index < -0.39 is 6.10 Å². The van der Waals surface area contributed by atoms with Gasteiger partial charge in [-0.2, -0.15) is 0 Å². The van der Waals surface area contributed by atoms with Crippen LogP contribution in [0, 0.1) is 11.8 Å². The number of carbonyl (C=O) groups excluding carboxylic acids is 1. The molecule has 25 heavy (non-hydrogen) atoms. The number of aryl methyl sites for hydroxylation is 1. The van der Waals surface area contributed by atoms with E-state index in [9.17, 15) is 9.90 Å². The molecule has 1 aromatic carbocycles. The Hall–Kier alpha value is -1.10. The highest BCUT2D eigenvalue weighted by Gasteiger charge is 2.37. The van der Waals surface area contributed by atoms with Gasteiger partial charge in [0, 0.05) is 25.0 Å². The van der Waals surface area contributed by atoms with Crippen LogP contribution in [0.5, 0.6) is 0 Å². The van der Waals surface area contributed by atoms with Crippen LogP contribution < -0.4 is 5.73 Å². The molecule has 2 aliphatic rings. The minimum Gasteiger partial charge on any atom is -0.391 e. The number of nitrogens with zero attached hydrogens (tertiary/aromatic N) is 1. The first-order valence-corrected chi connectivity index (χ1v) is 9.40. The Morgan fingerprint density at radius 1 is 1.16 bits per heavy atom. The maximum Gasteiger partial charge on any atom is 0.225 e. The van der Waals surface area contributed by atoms with Crippen molar-refractivity contribution in [3.8, 4) is 0 Å². The lowest BCUT2D eigenvalue weighted by Gasteiger charge is -2.33. The topological polar surface area (TPSA) is 66.6 Å². The van der Waals surface area contributed by atoms with E-state index in [1.54, 1.807) is 0 Å². The van der Waals surface area contributed by atoms with E-state index >= 15 is 0 Å². The van der Waals surface area contributed by atoms with E-state index in [-0.39, 0.29) is 30.3 Å². The summed E-state index contributed by atoms with van der Waals surface area (Å²) in [6, 6.07) is 10.4. The van der Waals surface area contributed by atoms with Gasteiger partial charge in [-0.3, -0.25) is 4.79 Å². The van der Waals surface area contributed by atoms with E-state index in [1.165, 1.54) is 18.4 Å². The first kappa shape index (κ1) is 20.2. The Labute approximate surface area is 157 Å². The maximum absolute atomic E-state index is 12.6. The number of hydrogen-bond donors (Lipinski definition) is 2. The molecule has 0 aromatic heterocycles. The average Bonchev–Trinajstić information content (AvgIpc) is 2.95. The van der Waals surface area contributed by atoms with Crippen molar-refractivity contribution in [1.82, 2.24) is 4.90 Å². The SMILES string of the molecule is Cl.N[C@@H]1C[C@H](C(=O)N2CCC(CCCc3ccccc3)CC2)C[C@H]1O. The van der Waals surface area contributed by atoms with Crippen LogP contribution in [0.4, 0.5) is 0 Å². The van der Waals surface area contributed by atoms with Crippen molar-refractivity contribution in [2.75, 3.05) is 13.1 Å². The molecule has 4 nitrogen and oxygen atoms in total. The molecule has 5 heteroatoms. The van der Waals surface area contributed by atoms with E-state index in [0.717, 1.165) is 38.3 Å². The van der Waals surface area contributed by atoms with Gasteiger partial charge >= 0.3 is 0 Å². The molecule has 1 aliphatic heterocycles. The molecule has 1 amide bonds. The maximum atomic E-state index is 12.6. The first-order valence-electron chi connectivity index (χ1n) is 9.40. The molecular weight excluding hydrogens is 336 g/mol. The van der Waals surface area contributed by atoms with E-state index in [1.807, 2.05) is 4.90 Å². The monoisotopic (exact) mass is 366 g/mol. The molecule has 3 N–H and O–H groups in total. The Kier molecular flexibility index (Phi) is 7.73. The van der Waals surface area contributed by atoms with Crippen LogP contribution in [0.2, 0.25) is 0 Å². The summed E-state index contributed by atoms with van der Waals surface area (Å²) in [5.74, 6) is 0.892. The quantitative estimate of drug-likeness (QED) is 0.842. The Balaban J connectivity index is 0.00000225. The van der Waals surface area contributed by atoms with Crippen LogP contribution in [0.1, 0.15) is 44.1 Å². The average molecular weight is 367 g/mol. The van der Waals surface area contributed by atoms with Crippen LogP contribution in [-0.4, -0.2) is 41.1 Å². The first-order chi connectivity index (χ1) is 11.6. The Morgan fingerprint density at radius 3 is 2.44 bits per heavy atom. The third kappa shape index (κ3) is 5.44. The predicted molar refractivity (Wildman–Crippen MR) is 103 cm³/mol. The molecule has 0 bridgehead atoms. The van der Waals surface area contributed by atoms with E-state index in [0.29, 0.717) is 12.8 Å². The van der Waals surface area contributed by atoms with Gasteiger partial charge in [0.05, 0.1) is 6.10 Å². The molecule has 1 saturated carbocycles. The zero-order valence-electron chi connectivity index (χ0n) is 14.8. The molecule has 1 aromatic rings. The van der Waals surface area contributed by atoms with Crippen molar-refractivity contribution in [2.24, 2.45) is 17.6 Å². The number of nitrogens with two attached hydrogens (primary N) is 1. The highest BCUT2D eigenvalue weighted by Crippen LogP contribution is 2.29. The van der Waals surface area contributed by atoms with Gasteiger partial charge in [-0.25, -0.2) is 0 Å². The van der Waals surface area contributed by atoms with Crippen molar-refractivity contribution in [1.29, 1.82) is 0 Å². The van der Waals surface area contributed by atoms with Crippen LogP contribution >= 0.6 is 12.4 Å². The van der Waals surface area contributed by atoms with Gasteiger partial charge in [0.25, 0.3) is 0 Å². The van der Waals surface area contributed by atoms with Crippen LogP contribution in [0.25, 0.3) is 0 Å². The van der Waals surface area contributed by atoms with Crippen LogP contribution in [-0.2, 0) is 11.2 Å². The molecule has 1 saturated heterocycles. The number of halogens is 1. The zero-order chi connectivity index (χ0) is 16.9. The minimum atomic E-state index is -0.505. The van der Waals surface area contributed by atoms with Crippen molar-refractivity contribution in [3.63, 3.8) is 0 Å². The fourth-order valence-electron chi connectivity index (χ4n) is 4.19. The molecule has 1 aliphatic carbocycles. The standard InChI is InChI=1S/C20H30N2O2.ClH/c21-18-13-17(14-19(18)23)20(24)22-11-9-16(10-12-22)8-4-7-15-5-2-1-3-6-15;/h1-3,5-6,16-19,23H,4,7-14,21H2;1H/t17-,18+,19+;/m0./s1. The number of likely N-dealkylation sites (tertiary alicyclic amines) is 1. The van der Waals surface area contributed by atoms with Crippen molar-refractivity contribution < 1.29 is 9.90 Å². The zero-order valence-corrected chi connectivity index (χ0v) is 15.7. The molecule has 0 unspecified atom stereocenters. The normalized spacial score (nSPS) is 27.1. The Bertz CT molecular complexity index is 522. The number of amides is 1. The smallest absolute Gasteiger partial charge is 0.225 e. The molecule has 0 radical (unpaired) electrons. The number of benzene rings is 1. The molecule has 0 spiro atoms. The second-order valence-electron chi connectivity index (χ2n) is 7.55. The summed E-state index contributed by atoms with van der Waals surface area (Å²) in [6.45, 7) is 1.74. The van der Waals surface area contributed by atoms with Gasteiger partial charge in [-0.15, -0.1) is 12.4 Å². The van der Waals surface area contributed by atoms with Crippen molar-refractivity contribution in [2.45, 2.75) is 57.1 Å². The fourth-order valence-corrected chi connectivity index (χ4v) is 4.19. The second kappa shape index (κ2) is 9.56. The lowest BCUT2D eigenvalue weighted by Crippen LogP contribution is -2.41. The number of rotatable bonds is 5. The van der Waals surface area contributed by atoms with Crippen LogP contribution in [0.15, 0.2) is 30.3 Å². The van der Waals surface area contributed by atoms with E-state index in [2.05, 4.69) is 30.3 Å². The Morgan fingerprint density at radius 2 is 1.84 bits per heavy atom. The summed E-state index contributed by atoms with van der Waals surface area (Å²) >= 11 is 0. The lowest BCUT2D eigenvalue weighted by molar-refractivity contribution is -0.137. The van der Waals surface area contributed by atoms with Crippen molar-refractivity contribution in [3.05, 3.63) is 35.9 Å². The van der Waals surface area contributed by atoms with Gasteiger partial charge in [-0.05, 0) is 56.4 Å². The molecule has 1 heterocycles. The highest BCUT2D eigenvalue weighted by molar-refractivity contribution is 5.85. The number of hydrogen-bond acceptors (Lipinski definition) is 3. The number of carbonyl (C=O) groups is 1. The molecule has 2 fully saturated rings. The van der Waals surface area contributed by atoms with Crippen LogP contribution in [0.3, 0.4) is 0 Å². The summed E-state index contributed by atoms with van der Waals surface area (Å²) in [7, 11) is 0. The largest absolute Gasteiger partial charge is 0.391 e. The predicted octanol–water partition coefficient (Wildman–Crippen LogP) is 2.77. The minimum absolute atomic E-state index is 0. The summed E-state index contributed by atoms with van der Waals surface area (Å²) in [4.78, 5) is 14.6. The number of aliphatic hydroxyl groups is 1. The summed E-state index contributed by atoms with van der Waals surface area (Å²) in [6.07, 6.45) is 6.53. The number of piperidine rings is 1. The third-order valence-corrected chi connectivity index (χ3v) is 5.77. The molecular formula is C20H31ClN2O2. The van der Waals surface area contributed by atoms with Gasteiger partial charge < -0.3 is 15.7 Å². The van der Waals surface area contributed by atoms with Gasteiger partial charge in [0.2, 0.25) is 5.91 Å². The summed E-state index contributed by atoms with van der Waals surface area (Å²) in [5.41, 5.74) is 7.26. The second-order valence-corrected chi connectivity index (χ2v) is 7.55.